The average Bonchev–Trinajstić information content (AvgIpc) is 3.16. The normalized spacial score (nSPS) is 19.5. The molecule has 0 saturated heterocycles. The Labute approximate surface area is 189 Å². The lowest BCUT2D eigenvalue weighted by Gasteiger charge is -2.25. The second-order valence-corrected chi connectivity index (χ2v) is 9.44. The van der Waals surface area contributed by atoms with Crippen LogP contribution in [-0.4, -0.2) is 25.9 Å². The van der Waals surface area contributed by atoms with Crippen LogP contribution in [0.3, 0.4) is 0 Å². The Morgan fingerprint density at radius 1 is 1.22 bits per heavy atom. The van der Waals surface area contributed by atoms with Gasteiger partial charge in [-0.05, 0) is 63.8 Å². The summed E-state index contributed by atoms with van der Waals surface area (Å²) < 4.78 is 43.6. The van der Waals surface area contributed by atoms with Crippen molar-refractivity contribution in [1.82, 2.24) is 14.8 Å². The molecule has 2 aromatic heterocycles. The summed E-state index contributed by atoms with van der Waals surface area (Å²) in [6, 6.07) is 7.43. The molecule has 0 radical (unpaired) electrons. The smallest absolute Gasteiger partial charge is 0.274 e. The van der Waals surface area contributed by atoms with E-state index in [-0.39, 0.29) is 28.7 Å². The maximum absolute atomic E-state index is 14.2. The van der Waals surface area contributed by atoms with Crippen LogP contribution in [0.15, 0.2) is 36.5 Å². The monoisotopic (exact) mass is 462 g/mol. The number of carbonyl (C=O) groups excluding carboxylic acids is 1. The number of halogens is 3. The number of nitrogens with zero attached hydrogens (tertiary/aromatic N) is 3. The van der Waals surface area contributed by atoms with Gasteiger partial charge >= 0.3 is 0 Å². The molecule has 32 heavy (non-hydrogen) atoms. The van der Waals surface area contributed by atoms with Crippen LogP contribution in [0.2, 0.25) is 0 Å². The standard InChI is InChI=1S/C23H25F3N4OS/c1-23(2,26)20-5-3-4-17(27-20)22(31)28-19-10-13-12-30(14-6-8-15(32)9-7-14)29-18(13)11-16(19)21(24)25/h3-5,10-12,14-15,21,32H,6-9H2,1-2H3,(H,28,31). The first-order valence-electron chi connectivity index (χ1n) is 10.6. The minimum absolute atomic E-state index is 0.0113. The third-order valence-electron chi connectivity index (χ3n) is 5.81. The molecule has 1 aromatic carbocycles. The van der Waals surface area contributed by atoms with E-state index in [4.69, 9.17) is 0 Å². The van der Waals surface area contributed by atoms with Crippen LogP contribution in [0.1, 0.15) is 73.7 Å². The average molecular weight is 463 g/mol. The fourth-order valence-corrected chi connectivity index (χ4v) is 4.28. The Balaban J connectivity index is 1.64. The summed E-state index contributed by atoms with van der Waals surface area (Å²) in [5.74, 6) is -0.683. The number of aromatic nitrogens is 3. The van der Waals surface area contributed by atoms with Crippen LogP contribution < -0.4 is 5.32 Å². The molecule has 1 saturated carbocycles. The van der Waals surface area contributed by atoms with Crippen molar-refractivity contribution in [3.63, 3.8) is 0 Å². The molecule has 0 aliphatic heterocycles. The summed E-state index contributed by atoms with van der Waals surface area (Å²) >= 11 is 4.52. The molecule has 5 nitrogen and oxygen atoms in total. The second kappa shape index (κ2) is 8.77. The summed E-state index contributed by atoms with van der Waals surface area (Å²) in [7, 11) is 0. The Hall–Kier alpha value is -2.55. The van der Waals surface area contributed by atoms with E-state index in [9.17, 15) is 18.0 Å². The topological polar surface area (TPSA) is 59.8 Å². The van der Waals surface area contributed by atoms with Gasteiger partial charge in [-0.1, -0.05) is 6.07 Å². The maximum atomic E-state index is 14.2. The van der Waals surface area contributed by atoms with E-state index in [1.807, 2.05) is 10.9 Å². The van der Waals surface area contributed by atoms with Gasteiger partial charge in [0, 0.05) is 22.4 Å². The maximum Gasteiger partial charge on any atom is 0.274 e. The highest BCUT2D eigenvalue weighted by molar-refractivity contribution is 7.80. The fourth-order valence-electron chi connectivity index (χ4n) is 3.98. The first kappa shape index (κ1) is 22.6. The second-order valence-electron chi connectivity index (χ2n) is 8.71. The lowest BCUT2D eigenvalue weighted by atomic mass is 9.95. The Bertz CT molecular complexity index is 1130. The van der Waals surface area contributed by atoms with E-state index in [1.165, 1.54) is 44.2 Å². The highest BCUT2D eigenvalue weighted by Gasteiger charge is 2.24. The molecule has 0 spiro atoms. The van der Waals surface area contributed by atoms with Crippen LogP contribution in [0.25, 0.3) is 10.9 Å². The van der Waals surface area contributed by atoms with Crippen LogP contribution in [0, 0.1) is 0 Å². The molecule has 4 rings (SSSR count). The summed E-state index contributed by atoms with van der Waals surface area (Å²) in [5, 5.41) is 8.08. The molecule has 2 heterocycles. The molecule has 9 heteroatoms. The van der Waals surface area contributed by atoms with E-state index in [0.29, 0.717) is 16.2 Å². The quantitative estimate of drug-likeness (QED) is 0.441. The molecule has 170 valence electrons. The summed E-state index contributed by atoms with van der Waals surface area (Å²) in [4.78, 5) is 16.8. The first-order chi connectivity index (χ1) is 15.1. The molecule has 1 fully saturated rings. The lowest BCUT2D eigenvalue weighted by molar-refractivity contribution is 0.102. The number of hydrogen-bond donors (Lipinski definition) is 2. The summed E-state index contributed by atoms with van der Waals surface area (Å²) in [6.45, 7) is 2.67. The summed E-state index contributed by atoms with van der Waals surface area (Å²) in [5.41, 5.74) is -1.57. The van der Waals surface area contributed by atoms with E-state index in [2.05, 4.69) is 28.0 Å². The zero-order chi connectivity index (χ0) is 23.0. The van der Waals surface area contributed by atoms with Gasteiger partial charge in [0.2, 0.25) is 0 Å². The van der Waals surface area contributed by atoms with E-state index >= 15 is 0 Å². The number of fused-ring (bicyclic) bond motifs is 1. The van der Waals surface area contributed by atoms with Crippen LogP contribution in [0.5, 0.6) is 0 Å². The Kier molecular flexibility index (Phi) is 6.20. The highest BCUT2D eigenvalue weighted by Crippen LogP contribution is 2.35. The van der Waals surface area contributed by atoms with E-state index in [0.717, 1.165) is 25.7 Å². The van der Waals surface area contributed by atoms with Gasteiger partial charge in [-0.2, -0.15) is 17.7 Å². The van der Waals surface area contributed by atoms with Crippen LogP contribution in [-0.2, 0) is 5.67 Å². The number of amides is 1. The number of carbonyl (C=O) groups is 1. The number of pyridine rings is 1. The Morgan fingerprint density at radius 2 is 1.94 bits per heavy atom. The minimum Gasteiger partial charge on any atom is -0.320 e. The van der Waals surface area contributed by atoms with Crippen molar-refractivity contribution in [2.24, 2.45) is 0 Å². The third-order valence-corrected chi connectivity index (χ3v) is 6.32. The van der Waals surface area contributed by atoms with Crippen molar-refractivity contribution in [1.29, 1.82) is 0 Å². The summed E-state index contributed by atoms with van der Waals surface area (Å²) in [6.07, 6.45) is 2.85. The van der Waals surface area contributed by atoms with Crippen molar-refractivity contribution >= 4 is 35.1 Å². The number of anilines is 1. The van der Waals surface area contributed by atoms with Gasteiger partial charge in [-0.3, -0.25) is 9.48 Å². The molecule has 1 aliphatic rings. The predicted octanol–water partition coefficient (Wildman–Crippen LogP) is 6.24. The van der Waals surface area contributed by atoms with Gasteiger partial charge in [-0.25, -0.2) is 18.2 Å². The molecule has 1 aliphatic carbocycles. The number of benzene rings is 1. The molecular weight excluding hydrogens is 437 g/mol. The van der Waals surface area contributed by atoms with Crippen molar-refractivity contribution in [3.8, 4) is 0 Å². The largest absolute Gasteiger partial charge is 0.320 e. The van der Waals surface area contributed by atoms with Gasteiger partial charge in [0.15, 0.2) is 0 Å². The lowest BCUT2D eigenvalue weighted by Crippen LogP contribution is -2.18. The van der Waals surface area contributed by atoms with Gasteiger partial charge < -0.3 is 5.32 Å². The molecule has 0 atom stereocenters. The van der Waals surface area contributed by atoms with Gasteiger partial charge in [-0.15, -0.1) is 0 Å². The molecule has 1 N–H and O–H groups in total. The van der Waals surface area contributed by atoms with Gasteiger partial charge in [0.25, 0.3) is 12.3 Å². The SMILES string of the molecule is CC(C)(F)c1cccc(C(=O)Nc2cc3cn(C4CCC(S)CC4)nc3cc2C(F)F)n1. The van der Waals surface area contributed by atoms with Crippen LogP contribution in [0.4, 0.5) is 18.9 Å². The highest BCUT2D eigenvalue weighted by atomic mass is 32.1. The number of thiol groups is 1. The van der Waals surface area contributed by atoms with Crippen molar-refractivity contribution < 1.29 is 18.0 Å². The van der Waals surface area contributed by atoms with Crippen molar-refractivity contribution in [2.45, 2.75) is 62.9 Å². The fraction of sp³-hybridized carbons (Fsp3) is 0.435. The van der Waals surface area contributed by atoms with Gasteiger partial charge in [0.05, 0.1) is 22.9 Å². The molecule has 0 unspecified atom stereocenters. The molecule has 0 bridgehead atoms. The first-order valence-corrected chi connectivity index (χ1v) is 11.1. The van der Waals surface area contributed by atoms with Crippen molar-refractivity contribution in [2.75, 3.05) is 5.32 Å². The molecular formula is C23H25F3N4OS. The van der Waals surface area contributed by atoms with Gasteiger partial charge in [0.1, 0.15) is 11.4 Å². The number of hydrogen-bond acceptors (Lipinski definition) is 4. The zero-order valence-electron chi connectivity index (χ0n) is 17.9. The Morgan fingerprint density at radius 3 is 2.59 bits per heavy atom. The van der Waals surface area contributed by atoms with E-state index < -0.39 is 18.0 Å². The molecule has 1 amide bonds. The predicted molar refractivity (Wildman–Crippen MR) is 121 cm³/mol. The number of nitrogens with one attached hydrogen (secondary N) is 1. The number of alkyl halides is 3. The third kappa shape index (κ3) is 4.77. The van der Waals surface area contributed by atoms with E-state index in [1.54, 1.807) is 0 Å². The molecule has 3 aromatic rings. The van der Waals surface area contributed by atoms with Crippen molar-refractivity contribution in [3.05, 3.63) is 53.5 Å². The minimum atomic E-state index is -2.80. The number of rotatable bonds is 5. The van der Waals surface area contributed by atoms with Crippen LogP contribution >= 0.6 is 12.6 Å². The zero-order valence-corrected chi connectivity index (χ0v) is 18.8.